The molecular formula is C37H33BrN4O3. The SMILES string of the molecule is COc1cccc(Nc2c(C(N)=O)cnc3c(C)cc(Cc4cccc(C(=O)Nc5cccc(C#CCCCBr)c5)c4)cc23)c1. The number of rotatable bonds is 10. The average molecular weight is 662 g/mol. The number of carbonyl (C=O) groups is 2. The van der Waals surface area contributed by atoms with Crippen LogP contribution in [0, 0.1) is 18.8 Å². The Morgan fingerprint density at radius 2 is 1.76 bits per heavy atom. The van der Waals surface area contributed by atoms with Crippen molar-refractivity contribution in [3.05, 3.63) is 125 Å². The van der Waals surface area contributed by atoms with E-state index in [2.05, 4.69) is 49.5 Å². The molecule has 4 N–H and O–H groups in total. The van der Waals surface area contributed by atoms with E-state index in [9.17, 15) is 9.59 Å². The minimum atomic E-state index is -0.580. The second-order valence-electron chi connectivity index (χ2n) is 10.6. The van der Waals surface area contributed by atoms with E-state index in [1.165, 1.54) is 6.20 Å². The number of nitrogens with two attached hydrogens (primary N) is 1. The maximum atomic E-state index is 13.2. The predicted molar refractivity (Wildman–Crippen MR) is 185 cm³/mol. The van der Waals surface area contributed by atoms with Crippen LogP contribution < -0.4 is 21.1 Å². The topological polar surface area (TPSA) is 106 Å². The number of primary amides is 1. The maximum absolute atomic E-state index is 13.2. The van der Waals surface area contributed by atoms with E-state index in [0.29, 0.717) is 29.1 Å². The molecule has 0 radical (unpaired) electrons. The van der Waals surface area contributed by atoms with Crippen LogP contribution in [0.25, 0.3) is 10.9 Å². The van der Waals surface area contributed by atoms with Gasteiger partial charge in [-0.05, 0) is 85.0 Å². The van der Waals surface area contributed by atoms with Crippen molar-refractivity contribution in [2.45, 2.75) is 26.2 Å². The Hall–Kier alpha value is -5.13. The Morgan fingerprint density at radius 3 is 2.56 bits per heavy atom. The van der Waals surface area contributed by atoms with E-state index in [4.69, 9.17) is 10.5 Å². The number of amides is 2. The normalized spacial score (nSPS) is 10.6. The van der Waals surface area contributed by atoms with E-state index in [1.54, 1.807) is 13.2 Å². The van der Waals surface area contributed by atoms with Gasteiger partial charge in [0.2, 0.25) is 0 Å². The van der Waals surface area contributed by atoms with E-state index < -0.39 is 5.91 Å². The third-order valence-electron chi connectivity index (χ3n) is 7.21. The standard InChI is InChI=1S/C37H33BrN4O3/c1-24-17-27(21-32-34(24)40-23-33(36(39)43)35(32)41-30-14-8-15-31(22-30)45-2)18-26-11-6-12-28(19-26)37(44)42-29-13-7-10-25(20-29)9-4-3-5-16-38/h6-8,10-15,17,19-23H,3,5,16,18H2,1-2H3,(H2,39,43)(H,40,41)(H,42,44). The van der Waals surface area contributed by atoms with E-state index in [0.717, 1.165) is 57.0 Å². The van der Waals surface area contributed by atoms with E-state index in [-0.39, 0.29) is 11.5 Å². The number of alkyl halides is 1. The molecule has 4 aromatic carbocycles. The fraction of sp³-hybridized carbons (Fsp3) is 0.162. The summed E-state index contributed by atoms with van der Waals surface area (Å²) in [4.78, 5) is 30.2. The van der Waals surface area contributed by atoms with Gasteiger partial charge in [0.1, 0.15) is 5.75 Å². The molecule has 5 rings (SSSR count). The number of nitrogens with one attached hydrogen (secondary N) is 2. The summed E-state index contributed by atoms with van der Waals surface area (Å²) in [6.45, 7) is 1.99. The quantitative estimate of drug-likeness (QED) is 0.0806. The first-order chi connectivity index (χ1) is 21.8. The number of unbranched alkanes of at least 4 members (excludes halogenated alkanes) is 1. The van der Waals surface area contributed by atoms with Crippen LogP contribution in [0.2, 0.25) is 0 Å². The number of aryl methyl sites for hydroxylation is 1. The highest BCUT2D eigenvalue weighted by Crippen LogP contribution is 2.33. The molecule has 8 heteroatoms. The zero-order valence-corrected chi connectivity index (χ0v) is 26.7. The minimum Gasteiger partial charge on any atom is -0.497 e. The Balaban J connectivity index is 1.41. The molecule has 0 fully saturated rings. The van der Waals surface area contributed by atoms with Gasteiger partial charge in [0.25, 0.3) is 11.8 Å². The third-order valence-corrected chi connectivity index (χ3v) is 7.77. The van der Waals surface area contributed by atoms with Crippen LogP contribution >= 0.6 is 15.9 Å². The first-order valence-electron chi connectivity index (χ1n) is 14.5. The smallest absolute Gasteiger partial charge is 0.255 e. The molecule has 0 saturated carbocycles. The third kappa shape index (κ3) is 7.88. The number of ether oxygens (including phenoxy) is 1. The lowest BCUT2D eigenvalue weighted by Gasteiger charge is -2.16. The average Bonchev–Trinajstić information content (AvgIpc) is 3.04. The van der Waals surface area contributed by atoms with Crippen LogP contribution in [0.15, 0.2) is 91.1 Å². The summed E-state index contributed by atoms with van der Waals surface area (Å²) in [5.74, 6) is 6.22. The summed E-state index contributed by atoms with van der Waals surface area (Å²) in [7, 11) is 1.60. The summed E-state index contributed by atoms with van der Waals surface area (Å²) in [6.07, 6.45) is 3.88. The Labute approximate surface area is 271 Å². The number of benzene rings is 4. The number of pyridine rings is 1. The van der Waals surface area contributed by atoms with Crippen molar-refractivity contribution in [1.82, 2.24) is 4.98 Å². The van der Waals surface area contributed by atoms with Crippen molar-refractivity contribution >= 4 is 55.7 Å². The zero-order chi connectivity index (χ0) is 31.8. The molecule has 0 spiro atoms. The molecule has 45 heavy (non-hydrogen) atoms. The summed E-state index contributed by atoms with van der Waals surface area (Å²) < 4.78 is 5.37. The number of hydrogen-bond donors (Lipinski definition) is 3. The van der Waals surface area contributed by atoms with Crippen LogP contribution in [-0.4, -0.2) is 29.2 Å². The molecule has 0 aliphatic rings. The Bertz CT molecular complexity index is 1940. The van der Waals surface area contributed by atoms with Gasteiger partial charge < -0.3 is 21.1 Å². The number of hydrogen-bond acceptors (Lipinski definition) is 5. The number of methoxy groups -OCH3 is 1. The molecule has 2 amide bonds. The molecule has 0 unspecified atom stereocenters. The van der Waals surface area contributed by atoms with Crippen LogP contribution in [0.4, 0.5) is 17.1 Å². The van der Waals surface area contributed by atoms with Crippen molar-refractivity contribution in [2.24, 2.45) is 5.73 Å². The van der Waals surface area contributed by atoms with E-state index in [1.807, 2.05) is 79.7 Å². The summed E-state index contributed by atoms with van der Waals surface area (Å²) in [6, 6.07) is 26.7. The molecule has 1 aromatic heterocycles. The van der Waals surface area contributed by atoms with Gasteiger partial charge in [0.15, 0.2) is 0 Å². The van der Waals surface area contributed by atoms with Crippen molar-refractivity contribution < 1.29 is 14.3 Å². The van der Waals surface area contributed by atoms with Gasteiger partial charge in [0.05, 0.1) is 23.9 Å². The molecule has 0 aliphatic heterocycles. The number of fused-ring (bicyclic) bond motifs is 1. The Kier molecular flexibility index (Phi) is 10.1. The highest BCUT2D eigenvalue weighted by Gasteiger charge is 2.17. The number of halogens is 1. The van der Waals surface area contributed by atoms with Gasteiger partial charge in [-0.3, -0.25) is 14.6 Å². The summed E-state index contributed by atoms with van der Waals surface area (Å²) in [5.41, 5.74) is 13.2. The zero-order valence-electron chi connectivity index (χ0n) is 25.1. The maximum Gasteiger partial charge on any atom is 0.255 e. The van der Waals surface area contributed by atoms with Crippen LogP contribution in [0.3, 0.4) is 0 Å². The lowest BCUT2D eigenvalue weighted by Crippen LogP contribution is -2.14. The number of aromatic nitrogens is 1. The van der Waals surface area contributed by atoms with E-state index >= 15 is 0 Å². The number of anilines is 3. The van der Waals surface area contributed by atoms with Crippen LogP contribution in [0.1, 0.15) is 55.8 Å². The summed E-state index contributed by atoms with van der Waals surface area (Å²) in [5, 5.41) is 8.07. The van der Waals surface area contributed by atoms with Crippen LogP contribution in [0.5, 0.6) is 5.75 Å². The fourth-order valence-corrected chi connectivity index (χ4v) is 5.36. The molecular weight excluding hydrogens is 628 g/mol. The van der Waals surface area contributed by atoms with Crippen molar-refractivity contribution in [1.29, 1.82) is 0 Å². The molecule has 226 valence electrons. The van der Waals surface area contributed by atoms with Gasteiger partial charge in [-0.1, -0.05) is 58.1 Å². The minimum absolute atomic E-state index is 0.198. The second kappa shape index (κ2) is 14.6. The molecule has 0 aliphatic carbocycles. The number of nitrogens with zero attached hydrogens (tertiary/aromatic N) is 1. The molecule has 0 saturated heterocycles. The van der Waals surface area contributed by atoms with Gasteiger partial charge in [-0.15, -0.1) is 0 Å². The summed E-state index contributed by atoms with van der Waals surface area (Å²) >= 11 is 3.42. The monoisotopic (exact) mass is 660 g/mol. The lowest BCUT2D eigenvalue weighted by molar-refractivity contribution is 0.0998. The van der Waals surface area contributed by atoms with Gasteiger partial charge in [0, 0.05) is 51.9 Å². The van der Waals surface area contributed by atoms with Crippen molar-refractivity contribution in [2.75, 3.05) is 23.1 Å². The van der Waals surface area contributed by atoms with Gasteiger partial charge >= 0.3 is 0 Å². The van der Waals surface area contributed by atoms with Gasteiger partial charge in [-0.25, -0.2) is 0 Å². The highest BCUT2D eigenvalue weighted by atomic mass is 79.9. The second-order valence-corrected chi connectivity index (χ2v) is 11.4. The molecule has 5 aromatic rings. The highest BCUT2D eigenvalue weighted by molar-refractivity contribution is 9.09. The molecule has 0 bridgehead atoms. The van der Waals surface area contributed by atoms with Crippen LogP contribution in [-0.2, 0) is 6.42 Å². The number of carbonyl (C=O) groups excluding carboxylic acids is 2. The molecule has 0 atom stereocenters. The van der Waals surface area contributed by atoms with Crippen molar-refractivity contribution in [3.8, 4) is 17.6 Å². The van der Waals surface area contributed by atoms with Crippen molar-refractivity contribution in [3.63, 3.8) is 0 Å². The fourth-order valence-electron chi connectivity index (χ4n) is 5.08. The Morgan fingerprint density at radius 1 is 0.956 bits per heavy atom. The molecule has 1 heterocycles. The predicted octanol–water partition coefficient (Wildman–Crippen LogP) is 7.76. The largest absolute Gasteiger partial charge is 0.497 e. The lowest BCUT2D eigenvalue weighted by atomic mass is 9.97. The molecule has 7 nitrogen and oxygen atoms in total. The first-order valence-corrected chi connectivity index (χ1v) is 15.6. The first kappa shape index (κ1) is 31.3. The van der Waals surface area contributed by atoms with Gasteiger partial charge in [-0.2, -0.15) is 0 Å².